The number of hydrogen-bond acceptors (Lipinski definition) is 5. The first-order chi connectivity index (χ1) is 11.1. The molecule has 0 bridgehead atoms. The van der Waals surface area contributed by atoms with Gasteiger partial charge in [0.1, 0.15) is 5.82 Å². The highest BCUT2D eigenvalue weighted by Crippen LogP contribution is 2.15. The average molecular weight is 333 g/mol. The SMILES string of the molecule is CCN(CCNC(=O)CSc1n[nH]c(C)n1)c1cccc(C)c1. The van der Waals surface area contributed by atoms with Gasteiger partial charge in [-0.2, -0.15) is 0 Å². The van der Waals surface area contributed by atoms with Gasteiger partial charge in [0.05, 0.1) is 5.75 Å². The third kappa shape index (κ3) is 5.59. The first-order valence-electron chi connectivity index (χ1n) is 7.68. The maximum atomic E-state index is 11.9. The standard InChI is InChI=1S/C16H23N5OS/c1-4-21(14-7-5-6-12(2)10-14)9-8-17-15(22)11-23-16-18-13(3)19-20-16/h5-7,10H,4,8-9,11H2,1-3H3,(H,17,22)(H,18,19,20). The van der Waals surface area contributed by atoms with Crippen LogP contribution in [0.25, 0.3) is 0 Å². The van der Waals surface area contributed by atoms with Crippen molar-refractivity contribution in [3.8, 4) is 0 Å². The summed E-state index contributed by atoms with van der Waals surface area (Å²) in [5, 5.41) is 10.3. The van der Waals surface area contributed by atoms with Crippen LogP contribution in [0.5, 0.6) is 0 Å². The van der Waals surface area contributed by atoms with Gasteiger partial charge in [0, 0.05) is 25.3 Å². The van der Waals surface area contributed by atoms with Gasteiger partial charge < -0.3 is 10.2 Å². The first kappa shape index (κ1) is 17.3. The van der Waals surface area contributed by atoms with E-state index in [1.165, 1.54) is 23.0 Å². The number of hydrogen-bond donors (Lipinski definition) is 2. The van der Waals surface area contributed by atoms with E-state index in [-0.39, 0.29) is 5.91 Å². The van der Waals surface area contributed by atoms with E-state index in [1.807, 2.05) is 6.92 Å². The van der Waals surface area contributed by atoms with E-state index in [0.29, 0.717) is 17.5 Å². The lowest BCUT2D eigenvalue weighted by atomic mass is 10.2. The van der Waals surface area contributed by atoms with Crippen molar-refractivity contribution < 1.29 is 4.79 Å². The zero-order valence-electron chi connectivity index (χ0n) is 13.8. The Hall–Kier alpha value is -2.02. The highest BCUT2D eigenvalue weighted by atomic mass is 32.2. The Morgan fingerprint density at radius 2 is 2.22 bits per heavy atom. The van der Waals surface area contributed by atoms with Crippen molar-refractivity contribution in [3.05, 3.63) is 35.7 Å². The normalized spacial score (nSPS) is 10.6. The van der Waals surface area contributed by atoms with Crippen LogP contribution in [0.15, 0.2) is 29.4 Å². The number of aromatic amines is 1. The predicted octanol–water partition coefficient (Wildman–Crippen LogP) is 2.16. The number of anilines is 1. The number of carbonyl (C=O) groups excluding carboxylic acids is 1. The molecule has 2 N–H and O–H groups in total. The van der Waals surface area contributed by atoms with E-state index in [4.69, 9.17) is 0 Å². The minimum Gasteiger partial charge on any atom is -0.370 e. The number of rotatable bonds is 8. The summed E-state index contributed by atoms with van der Waals surface area (Å²) in [6, 6.07) is 8.40. The summed E-state index contributed by atoms with van der Waals surface area (Å²) in [6.07, 6.45) is 0. The van der Waals surface area contributed by atoms with Crippen molar-refractivity contribution >= 4 is 23.4 Å². The fraction of sp³-hybridized carbons (Fsp3) is 0.438. The fourth-order valence-corrected chi connectivity index (χ4v) is 2.87. The molecule has 0 unspecified atom stereocenters. The Morgan fingerprint density at radius 3 is 2.87 bits per heavy atom. The molecule has 0 radical (unpaired) electrons. The van der Waals surface area contributed by atoms with Crippen LogP contribution < -0.4 is 10.2 Å². The van der Waals surface area contributed by atoms with Crippen LogP contribution in [0, 0.1) is 13.8 Å². The predicted molar refractivity (Wildman–Crippen MR) is 93.9 cm³/mol. The Kier molecular flexibility index (Phi) is 6.46. The molecule has 0 fully saturated rings. The van der Waals surface area contributed by atoms with E-state index in [0.717, 1.165) is 18.9 Å². The van der Waals surface area contributed by atoms with E-state index in [2.05, 4.69) is 63.5 Å². The van der Waals surface area contributed by atoms with Crippen molar-refractivity contribution in [1.29, 1.82) is 0 Å². The summed E-state index contributed by atoms with van der Waals surface area (Å²) in [7, 11) is 0. The molecular weight excluding hydrogens is 310 g/mol. The minimum atomic E-state index is -0.00208. The number of nitrogens with zero attached hydrogens (tertiary/aromatic N) is 3. The van der Waals surface area contributed by atoms with Gasteiger partial charge >= 0.3 is 0 Å². The Labute approximate surface area is 141 Å². The number of aromatic nitrogens is 3. The molecule has 1 heterocycles. The number of thioether (sulfide) groups is 1. The summed E-state index contributed by atoms with van der Waals surface area (Å²) < 4.78 is 0. The van der Waals surface area contributed by atoms with Crippen molar-refractivity contribution in [2.24, 2.45) is 0 Å². The highest BCUT2D eigenvalue weighted by molar-refractivity contribution is 7.99. The largest absolute Gasteiger partial charge is 0.370 e. The van der Waals surface area contributed by atoms with Crippen LogP contribution in [0.2, 0.25) is 0 Å². The molecule has 0 spiro atoms. The first-order valence-corrected chi connectivity index (χ1v) is 8.67. The summed E-state index contributed by atoms with van der Waals surface area (Å²) in [6.45, 7) is 8.35. The van der Waals surface area contributed by atoms with Gasteiger partial charge in [-0.05, 0) is 38.5 Å². The van der Waals surface area contributed by atoms with Crippen molar-refractivity contribution in [2.75, 3.05) is 30.3 Å². The number of likely N-dealkylation sites (N-methyl/N-ethyl adjacent to an activating group) is 1. The topological polar surface area (TPSA) is 73.9 Å². The molecule has 0 aliphatic heterocycles. The van der Waals surface area contributed by atoms with Crippen LogP contribution in [-0.2, 0) is 4.79 Å². The lowest BCUT2D eigenvalue weighted by molar-refractivity contribution is -0.118. The molecule has 124 valence electrons. The van der Waals surface area contributed by atoms with E-state index < -0.39 is 0 Å². The Balaban J connectivity index is 1.73. The monoisotopic (exact) mass is 333 g/mol. The zero-order valence-corrected chi connectivity index (χ0v) is 14.6. The molecule has 0 saturated heterocycles. The average Bonchev–Trinajstić information content (AvgIpc) is 2.95. The third-order valence-corrected chi connectivity index (χ3v) is 4.21. The van der Waals surface area contributed by atoms with Gasteiger partial charge in [-0.15, -0.1) is 5.10 Å². The van der Waals surface area contributed by atoms with Crippen LogP contribution in [0.3, 0.4) is 0 Å². The second-order valence-corrected chi connectivity index (χ2v) is 6.20. The second-order valence-electron chi connectivity index (χ2n) is 5.26. The van der Waals surface area contributed by atoms with E-state index in [1.54, 1.807) is 0 Å². The highest BCUT2D eigenvalue weighted by Gasteiger charge is 2.08. The lowest BCUT2D eigenvalue weighted by Gasteiger charge is -2.23. The fourth-order valence-electron chi connectivity index (χ4n) is 2.19. The maximum Gasteiger partial charge on any atom is 0.230 e. The summed E-state index contributed by atoms with van der Waals surface area (Å²) in [4.78, 5) is 18.3. The number of carbonyl (C=O) groups is 1. The molecule has 1 amide bonds. The van der Waals surface area contributed by atoms with Gasteiger partial charge in [-0.25, -0.2) is 4.98 Å². The Morgan fingerprint density at radius 1 is 1.39 bits per heavy atom. The summed E-state index contributed by atoms with van der Waals surface area (Å²) in [5.74, 6) is 1.08. The van der Waals surface area contributed by atoms with E-state index >= 15 is 0 Å². The van der Waals surface area contributed by atoms with Crippen LogP contribution in [0.4, 0.5) is 5.69 Å². The van der Waals surface area contributed by atoms with Crippen molar-refractivity contribution in [1.82, 2.24) is 20.5 Å². The van der Waals surface area contributed by atoms with Gasteiger partial charge in [-0.1, -0.05) is 23.9 Å². The smallest absolute Gasteiger partial charge is 0.230 e. The number of H-pyrrole nitrogens is 1. The molecular formula is C16H23N5OS. The molecule has 1 aromatic heterocycles. The Bertz CT molecular complexity index is 643. The maximum absolute atomic E-state index is 11.9. The minimum absolute atomic E-state index is 0.00208. The lowest BCUT2D eigenvalue weighted by Crippen LogP contribution is -2.35. The van der Waals surface area contributed by atoms with Crippen LogP contribution in [0.1, 0.15) is 18.3 Å². The van der Waals surface area contributed by atoms with Gasteiger partial charge in [0.2, 0.25) is 11.1 Å². The third-order valence-electron chi connectivity index (χ3n) is 3.36. The van der Waals surface area contributed by atoms with Gasteiger partial charge in [-0.3, -0.25) is 9.89 Å². The molecule has 0 saturated carbocycles. The number of amides is 1. The molecule has 6 nitrogen and oxygen atoms in total. The molecule has 0 aliphatic carbocycles. The number of nitrogens with one attached hydrogen (secondary N) is 2. The molecule has 2 aromatic rings. The molecule has 1 aromatic carbocycles. The summed E-state index contributed by atoms with van der Waals surface area (Å²) >= 11 is 1.33. The number of benzene rings is 1. The zero-order chi connectivity index (χ0) is 16.7. The van der Waals surface area contributed by atoms with E-state index in [9.17, 15) is 4.79 Å². The number of aryl methyl sites for hydroxylation is 2. The molecule has 7 heteroatoms. The van der Waals surface area contributed by atoms with Crippen LogP contribution >= 0.6 is 11.8 Å². The van der Waals surface area contributed by atoms with Crippen LogP contribution in [-0.4, -0.2) is 46.5 Å². The second kappa shape index (κ2) is 8.57. The van der Waals surface area contributed by atoms with Gasteiger partial charge in [0.25, 0.3) is 0 Å². The molecule has 0 atom stereocenters. The summed E-state index contributed by atoms with van der Waals surface area (Å²) in [5.41, 5.74) is 2.43. The van der Waals surface area contributed by atoms with Gasteiger partial charge in [0.15, 0.2) is 0 Å². The quantitative estimate of drug-likeness (QED) is 0.724. The molecule has 23 heavy (non-hydrogen) atoms. The molecule has 2 rings (SSSR count). The van der Waals surface area contributed by atoms with Crippen molar-refractivity contribution in [3.63, 3.8) is 0 Å². The molecule has 0 aliphatic rings. The van der Waals surface area contributed by atoms with Crippen molar-refractivity contribution in [2.45, 2.75) is 25.9 Å².